The van der Waals surface area contributed by atoms with Crippen molar-refractivity contribution in [3.05, 3.63) is 0 Å². The molecule has 0 rings (SSSR count). The second kappa shape index (κ2) is 8.11. The largest absolute Gasteiger partial charge is 0.390 e. The molecule has 2 atom stereocenters. The van der Waals surface area contributed by atoms with Crippen molar-refractivity contribution in [2.75, 3.05) is 27.4 Å². The van der Waals surface area contributed by atoms with Gasteiger partial charge in [0.15, 0.2) is 0 Å². The van der Waals surface area contributed by atoms with Crippen LogP contribution in [0.4, 0.5) is 35.1 Å². The minimum absolute atomic E-state index is 0.889. The average Bonchev–Trinajstić information content (AvgIpc) is 2.36. The summed E-state index contributed by atoms with van der Waals surface area (Å²) in [6, 6.07) is 0. The molecule has 0 aromatic rings. The number of rotatable bonds is 11. The number of methoxy groups -OCH3 is 2. The molecule has 146 valence electrons. The van der Waals surface area contributed by atoms with Crippen LogP contribution in [-0.2, 0) is 9.47 Å². The molecule has 2 N–H and O–H groups in total. The van der Waals surface area contributed by atoms with Gasteiger partial charge in [-0.25, -0.2) is 0 Å². The van der Waals surface area contributed by atoms with Gasteiger partial charge in [-0.05, 0) is 0 Å². The van der Waals surface area contributed by atoms with Crippen LogP contribution in [0.5, 0.6) is 0 Å². The number of halogens is 8. The highest BCUT2D eigenvalue weighted by atomic mass is 19.4. The highest BCUT2D eigenvalue weighted by molar-refractivity contribution is 5.04. The Bertz CT molecular complexity index is 355. The van der Waals surface area contributed by atoms with Gasteiger partial charge in [0.1, 0.15) is 0 Å². The lowest BCUT2D eigenvalue weighted by atomic mass is 9.92. The molecule has 0 heterocycles. The number of ether oxygens (including phenoxy) is 2. The van der Waals surface area contributed by atoms with Gasteiger partial charge in [0.2, 0.25) is 0 Å². The summed E-state index contributed by atoms with van der Waals surface area (Å²) in [5.74, 6) is -24.3. The molecular formula is C12H18F8O4. The van der Waals surface area contributed by atoms with Crippen LogP contribution >= 0.6 is 0 Å². The fraction of sp³-hybridized carbons (Fsp3) is 1.00. The lowest BCUT2D eigenvalue weighted by molar-refractivity contribution is -0.372. The zero-order valence-corrected chi connectivity index (χ0v) is 12.7. The molecule has 0 aliphatic carbocycles. The Morgan fingerprint density at radius 1 is 0.667 bits per heavy atom. The third-order valence-corrected chi connectivity index (χ3v) is 3.02. The Kier molecular flexibility index (Phi) is 7.86. The highest BCUT2D eigenvalue weighted by Crippen LogP contribution is 2.55. The second-order valence-corrected chi connectivity index (χ2v) is 5.18. The Morgan fingerprint density at radius 2 is 0.917 bits per heavy atom. The van der Waals surface area contributed by atoms with Crippen LogP contribution in [0.2, 0.25) is 0 Å². The van der Waals surface area contributed by atoms with Gasteiger partial charge >= 0.3 is 23.7 Å². The van der Waals surface area contributed by atoms with Crippen molar-refractivity contribution in [3.63, 3.8) is 0 Å². The van der Waals surface area contributed by atoms with Gasteiger partial charge in [-0.1, -0.05) is 0 Å². The van der Waals surface area contributed by atoms with Crippen LogP contribution in [0.1, 0.15) is 12.8 Å². The molecule has 0 bridgehead atoms. The number of aliphatic hydroxyl groups is 2. The summed E-state index contributed by atoms with van der Waals surface area (Å²) in [6.45, 7) is -1.78. The maximum atomic E-state index is 13.5. The van der Waals surface area contributed by atoms with E-state index in [0.717, 1.165) is 14.2 Å². The van der Waals surface area contributed by atoms with E-state index in [-0.39, 0.29) is 0 Å². The van der Waals surface area contributed by atoms with Crippen LogP contribution in [0.3, 0.4) is 0 Å². The summed E-state index contributed by atoms with van der Waals surface area (Å²) >= 11 is 0. The minimum Gasteiger partial charge on any atom is -0.390 e. The molecule has 0 saturated carbocycles. The summed E-state index contributed by atoms with van der Waals surface area (Å²) in [6.07, 6.45) is -9.00. The van der Waals surface area contributed by atoms with Crippen molar-refractivity contribution < 1.29 is 54.8 Å². The molecule has 0 aromatic heterocycles. The first-order valence-electron chi connectivity index (χ1n) is 6.51. The fourth-order valence-electron chi connectivity index (χ4n) is 1.81. The van der Waals surface area contributed by atoms with E-state index >= 15 is 0 Å². The van der Waals surface area contributed by atoms with Gasteiger partial charge in [-0.15, -0.1) is 0 Å². The van der Waals surface area contributed by atoms with Gasteiger partial charge in [-0.2, -0.15) is 35.1 Å². The third-order valence-electron chi connectivity index (χ3n) is 3.02. The SMILES string of the molecule is COCC(O)CC(F)(F)C(F)(F)C(F)(F)C(F)(F)CC(O)COC. The second-order valence-electron chi connectivity index (χ2n) is 5.18. The highest BCUT2D eigenvalue weighted by Gasteiger charge is 2.80. The maximum Gasteiger partial charge on any atom is 0.378 e. The minimum atomic E-state index is -6.50. The first-order valence-corrected chi connectivity index (χ1v) is 6.51. The first kappa shape index (κ1) is 23.3. The summed E-state index contributed by atoms with van der Waals surface area (Å²) in [5, 5.41) is 18.0. The smallest absolute Gasteiger partial charge is 0.378 e. The van der Waals surface area contributed by atoms with Crippen LogP contribution in [0.25, 0.3) is 0 Å². The van der Waals surface area contributed by atoms with Crippen molar-refractivity contribution in [2.45, 2.75) is 48.7 Å². The van der Waals surface area contributed by atoms with Crippen molar-refractivity contribution in [3.8, 4) is 0 Å². The number of hydrogen-bond donors (Lipinski definition) is 2. The Hall–Kier alpha value is -0.720. The molecule has 0 fully saturated rings. The summed E-state index contributed by atoms with van der Waals surface area (Å²) < 4.78 is 116. The molecule has 4 nitrogen and oxygen atoms in total. The van der Waals surface area contributed by atoms with Gasteiger partial charge in [-0.3, -0.25) is 0 Å². The van der Waals surface area contributed by atoms with Crippen LogP contribution in [0, 0.1) is 0 Å². The standard InChI is InChI=1S/C12H18F8O4/c1-23-5-7(21)3-9(13,14)11(17,18)12(19,20)10(15,16)4-8(22)6-24-2/h7-8,21-22H,3-6H2,1-2H3. The van der Waals surface area contributed by atoms with Crippen molar-refractivity contribution in [1.29, 1.82) is 0 Å². The van der Waals surface area contributed by atoms with E-state index in [9.17, 15) is 35.1 Å². The molecule has 0 radical (unpaired) electrons. The summed E-state index contributed by atoms with van der Waals surface area (Å²) in [4.78, 5) is 0. The summed E-state index contributed by atoms with van der Waals surface area (Å²) in [5.41, 5.74) is 0. The van der Waals surface area contributed by atoms with E-state index in [1.807, 2.05) is 0 Å². The fourth-order valence-corrected chi connectivity index (χ4v) is 1.81. The van der Waals surface area contributed by atoms with Crippen LogP contribution in [0.15, 0.2) is 0 Å². The first-order chi connectivity index (χ1) is 10.7. The van der Waals surface area contributed by atoms with Gasteiger partial charge < -0.3 is 19.7 Å². The predicted octanol–water partition coefficient (Wildman–Crippen LogP) is 2.32. The number of alkyl halides is 8. The van der Waals surface area contributed by atoms with Gasteiger partial charge in [0, 0.05) is 27.1 Å². The van der Waals surface area contributed by atoms with Crippen molar-refractivity contribution in [1.82, 2.24) is 0 Å². The third kappa shape index (κ3) is 4.90. The molecule has 2 unspecified atom stereocenters. The van der Waals surface area contributed by atoms with Crippen molar-refractivity contribution in [2.24, 2.45) is 0 Å². The zero-order valence-electron chi connectivity index (χ0n) is 12.7. The van der Waals surface area contributed by atoms with E-state index < -0.39 is 62.0 Å². The monoisotopic (exact) mass is 378 g/mol. The van der Waals surface area contributed by atoms with E-state index in [0.29, 0.717) is 0 Å². The van der Waals surface area contributed by atoms with Gasteiger partial charge in [0.25, 0.3) is 0 Å². The van der Waals surface area contributed by atoms with E-state index in [4.69, 9.17) is 10.2 Å². The molecule has 0 amide bonds. The lowest BCUT2D eigenvalue weighted by Crippen LogP contribution is -2.63. The average molecular weight is 378 g/mol. The van der Waals surface area contributed by atoms with E-state index in [2.05, 4.69) is 9.47 Å². The van der Waals surface area contributed by atoms with Crippen LogP contribution < -0.4 is 0 Å². The van der Waals surface area contributed by atoms with E-state index in [1.54, 1.807) is 0 Å². The molecular weight excluding hydrogens is 360 g/mol. The molecule has 0 aliphatic rings. The molecule has 0 aromatic carbocycles. The zero-order chi connectivity index (χ0) is 19.4. The predicted molar refractivity (Wildman–Crippen MR) is 64.8 cm³/mol. The normalized spacial score (nSPS) is 17.0. The summed E-state index contributed by atoms with van der Waals surface area (Å²) in [7, 11) is 1.83. The molecule has 24 heavy (non-hydrogen) atoms. The quantitative estimate of drug-likeness (QED) is 0.542. The van der Waals surface area contributed by atoms with E-state index in [1.165, 1.54) is 0 Å². The lowest BCUT2D eigenvalue weighted by Gasteiger charge is -2.38. The molecule has 0 spiro atoms. The maximum absolute atomic E-state index is 13.5. The Labute approximate surface area is 132 Å². The Balaban J connectivity index is 5.46. The molecule has 0 aliphatic heterocycles. The van der Waals surface area contributed by atoms with Gasteiger partial charge in [0.05, 0.1) is 25.4 Å². The molecule has 12 heteroatoms. The Morgan fingerprint density at radius 3 is 1.12 bits per heavy atom. The molecule has 0 saturated heterocycles. The number of aliphatic hydroxyl groups excluding tert-OH is 2. The topological polar surface area (TPSA) is 58.9 Å². The number of hydrogen-bond acceptors (Lipinski definition) is 4. The van der Waals surface area contributed by atoms with Crippen molar-refractivity contribution >= 4 is 0 Å². The van der Waals surface area contributed by atoms with Crippen LogP contribution in [-0.4, -0.2) is 73.5 Å².